The highest BCUT2D eigenvalue weighted by Gasteiger charge is 2.44. The van der Waals surface area contributed by atoms with Crippen LogP contribution in [-0.4, -0.2) is 6.61 Å². The van der Waals surface area contributed by atoms with Gasteiger partial charge < -0.3 is 9.47 Å². The SMILES string of the molecule is CC1=C[C@@H](C)[C@H]2CO[C@H](c3ccccc3OCc3ccccc3)[C@H]1[C@@H]2C. The van der Waals surface area contributed by atoms with E-state index in [4.69, 9.17) is 9.47 Å². The number of allylic oxidation sites excluding steroid dienone is 1. The van der Waals surface area contributed by atoms with E-state index in [-0.39, 0.29) is 6.10 Å². The molecule has 2 nitrogen and oxygen atoms in total. The average molecular weight is 348 g/mol. The zero-order valence-corrected chi connectivity index (χ0v) is 15.9. The molecule has 1 saturated heterocycles. The van der Waals surface area contributed by atoms with Gasteiger partial charge in [-0.05, 0) is 36.3 Å². The summed E-state index contributed by atoms with van der Waals surface area (Å²) in [5.74, 6) is 3.24. The molecule has 1 fully saturated rings. The Balaban J connectivity index is 1.61. The summed E-state index contributed by atoms with van der Waals surface area (Å²) in [6.07, 6.45) is 2.54. The molecule has 0 saturated carbocycles. The van der Waals surface area contributed by atoms with E-state index in [1.165, 1.54) is 16.7 Å². The fourth-order valence-electron chi connectivity index (χ4n) is 4.81. The maximum atomic E-state index is 6.41. The fourth-order valence-corrected chi connectivity index (χ4v) is 4.81. The molecule has 2 aromatic carbocycles. The molecule has 1 heterocycles. The largest absolute Gasteiger partial charge is 0.489 e. The molecule has 1 aliphatic heterocycles. The summed E-state index contributed by atoms with van der Waals surface area (Å²) >= 11 is 0. The van der Waals surface area contributed by atoms with Crippen LogP contribution in [0.5, 0.6) is 5.75 Å². The first-order valence-electron chi connectivity index (χ1n) is 9.70. The Hall–Kier alpha value is -2.06. The van der Waals surface area contributed by atoms with Crippen molar-refractivity contribution in [1.82, 2.24) is 0 Å². The van der Waals surface area contributed by atoms with Gasteiger partial charge in [-0.2, -0.15) is 0 Å². The van der Waals surface area contributed by atoms with Crippen molar-refractivity contribution in [3.63, 3.8) is 0 Å². The second-order valence-electron chi connectivity index (χ2n) is 7.88. The predicted molar refractivity (Wildman–Crippen MR) is 105 cm³/mol. The van der Waals surface area contributed by atoms with Crippen LogP contribution in [0.3, 0.4) is 0 Å². The van der Waals surface area contributed by atoms with E-state index in [0.29, 0.717) is 30.3 Å². The zero-order valence-electron chi connectivity index (χ0n) is 15.9. The van der Waals surface area contributed by atoms with Gasteiger partial charge in [0.25, 0.3) is 0 Å². The quantitative estimate of drug-likeness (QED) is 0.650. The Morgan fingerprint density at radius 2 is 1.73 bits per heavy atom. The van der Waals surface area contributed by atoms with Gasteiger partial charge in [-0.3, -0.25) is 0 Å². The lowest BCUT2D eigenvalue weighted by atomic mass is 9.64. The lowest BCUT2D eigenvalue weighted by Gasteiger charge is -2.47. The van der Waals surface area contributed by atoms with Crippen LogP contribution in [0.1, 0.15) is 38.0 Å². The van der Waals surface area contributed by atoms with E-state index in [0.717, 1.165) is 12.4 Å². The maximum Gasteiger partial charge on any atom is 0.125 e. The molecule has 2 aromatic rings. The van der Waals surface area contributed by atoms with E-state index < -0.39 is 0 Å². The highest BCUT2D eigenvalue weighted by atomic mass is 16.5. The second kappa shape index (κ2) is 7.28. The number of rotatable bonds is 4. The maximum absolute atomic E-state index is 6.41. The van der Waals surface area contributed by atoms with Crippen LogP contribution in [0.2, 0.25) is 0 Å². The molecule has 0 aromatic heterocycles. The van der Waals surface area contributed by atoms with Crippen molar-refractivity contribution in [3.05, 3.63) is 77.4 Å². The molecule has 2 bridgehead atoms. The lowest BCUT2D eigenvalue weighted by Crippen LogP contribution is -2.42. The van der Waals surface area contributed by atoms with Gasteiger partial charge in [-0.1, -0.05) is 74.0 Å². The first-order valence-corrected chi connectivity index (χ1v) is 9.70. The number of hydrogen-bond donors (Lipinski definition) is 0. The van der Waals surface area contributed by atoms with Crippen LogP contribution in [0.4, 0.5) is 0 Å². The minimum atomic E-state index is 0.0805. The minimum Gasteiger partial charge on any atom is -0.489 e. The summed E-state index contributed by atoms with van der Waals surface area (Å²) in [6.45, 7) is 8.40. The van der Waals surface area contributed by atoms with Gasteiger partial charge >= 0.3 is 0 Å². The molecular weight excluding hydrogens is 320 g/mol. The first kappa shape index (κ1) is 17.4. The topological polar surface area (TPSA) is 18.5 Å². The monoisotopic (exact) mass is 348 g/mol. The average Bonchev–Trinajstić information content (AvgIpc) is 2.65. The lowest BCUT2D eigenvalue weighted by molar-refractivity contribution is -0.0942. The number of ether oxygens (including phenoxy) is 2. The molecule has 2 heteroatoms. The van der Waals surface area contributed by atoms with Crippen LogP contribution >= 0.6 is 0 Å². The molecule has 5 atom stereocenters. The fraction of sp³-hybridized carbons (Fsp3) is 0.417. The van der Waals surface area contributed by atoms with Gasteiger partial charge in [0.15, 0.2) is 0 Å². The molecule has 26 heavy (non-hydrogen) atoms. The molecule has 4 rings (SSSR count). The van der Waals surface area contributed by atoms with Crippen LogP contribution in [0.15, 0.2) is 66.2 Å². The van der Waals surface area contributed by atoms with Crippen molar-refractivity contribution in [2.75, 3.05) is 6.61 Å². The zero-order chi connectivity index (χ0) is 18.1. The van der Waals surface area contributed by atoms with E-state index in [9.17, 15) is 0 Å². The Morgan fingerprint density at radius 3 is 2.54 bits per heavy atom. The molecule has 0 N–H and O–H groups in total. The van der Waals surface area contributed by atoms with Crippen LogP contribution in [0, 0.1) is 23.7 Å². The molecule has 136 valence electrons. The summed E-state index contributed by atoms with van der Waals surface area (Å²) in [6, 6.07) is 18.7. The van der Waals surface area contributed by atoms with Crippen molar-refractivity contribution >= 4 is 0 Å². The van der Waals surface area contributed by atoms with Crippen molar-refractivity contribution in [2.45, 2.75) is 33.5 Å². The molecule has 0 spiro atoms. The van der Waals surface area contributed by atoms with Gasteiger partial charge in [0, 0.05) is 11.5 Å². The molecule has 0 radical (unpaired) electrons. The number of hydrogen-bond acceptors (Lipinski definition) is 2. The smallest absolute Gasteiger partial charge is 0.125 e. The van der Waals surface area contributed by atoms with Crippen LogP contribution in [0.25, 0.3) is 0 Å². The van der Waals surface area contributed by atoms with Gasteiger partial charge in [-0.25, -0.2) is 0 Å². The van der Waals surface area contributed by atoms with Crippen molar-refractivity contribution in [1.29, 1.82) is 0 Å². The Labute approximate surface area is 156 Å². The molecule has 2 aliphatic rings. The number of para-hydroxylation sites is 1. The first-order chi connectivity index (χ1) is 12.6. The molecular formula is C24H28O2. The van der Waals surface area contributed by atoms with Gasteiger partial charge in [0.2, 0.25) is 0 Å². The van der Waals surface area contributed by atoms with Crippen LogP contribution < -0.4 is 4.74 Å². The third kappa shape index (κ3) is 3.19. The van der Waals surface area contributed by atoms with E-state index >= 15 is 0 Å². The van der Waals surface area contributed by atoms with E-state index in [1.54, 1.807) is 0 Å². The number of fused-ring (bicyclic) bond motifs is 2. The molecule has 1 aliphatic carbocycles. The van der Waals surface area contributed by atoms with Gasteiger partial charge in [-0.15, -0.1) is 0 Å². The van der Waals surface area contributed by atoms with Crippen LogP contribution in [-0.2, 0) is 11.3 Å². The Kier molecular flexibility index (Phi) is 4.86. The summed E-state index contributed by atoms with van der Waals surface area (Å²) in [5.41, 5.74) is 3.83. The Bertz CT molecular complexity index is 780. The highest BCUT2D eigenvalue weighted by molar-refractivity contribution is 5.38. The summed E-state index contributed by atoms with van der Waals surface area (Å²) in [5, 5.41) is 0. The van der Waals surface area contributed by atoms with Crippen molar-refractivity contribution in [3.8, 4) is 5.75 Å². The minimum absolute atomic E-state index is 0.0805. The predicted octanol–water partition coefficient (Wildman–Crippen LogP) is 5.80. The summed E-state index contributed by atoms with van der Waals surface area (Å²) in [7, 11) is 0. The van der Waals surface area contributed by atoms with E-state index in [2.05, 4.69) is 57.2 Å². The summed E-state index contributed by atoms with van der Waals surface area (Å²) < 4.78 is 12.6. The normalized spacial score (nSPS) is 30.6. The second-order valence-corrected chi connectivity index (χ2v) is 7.88. The number of benzene rings is 2. The Morgan fingerprint density at radius 1 is 1.00 bits per heavy atom. The highest BCUT2D eigenvalue weighted by Crippen LogP contribution is 2.51. The van der Waals surface area contributed by atoms with E-state index in [1.807, 2.05) is 24.3 Å². The third-order valence-electron chi connectivity index (χ3n) is 6.23. The molecule has 0 unspecified atom stereocenters. The standard InChI is InChI=1S/C24H28O2/c1-16-13-17(2)23-18(3)21(16)15-26-24(23)20-11-7-8-12-22(20)25-14-19-9-5-4-6-10-19/h4-13,16,18,21,23-24H,14-15H2,1-3H3/t16-,18-,21-,23-,24-/m1/s1. The van der Waals surface area contributed by atoms with Gasteiger partial charge in [0.1, 0.15) is 12.4 Å². The van der Waals surface area contributed by atoms with Gasteiger partial charge in [0.05, 0.1) is 12.7 Å². The van der Waals surface area contributed by atoms with Crippen molar-refractivity contribution < 1.29 is 9.47 Å². The molecule has 0 amide bonds. The third-order valence-corrected chi connectivity index (χ3v) is 6.23. The summed E-state index contributed by atoms with van der Waals surface area (Å²) in [4.78, 5) is 0. The van der Waals surface area contributed by atoms with Crippen molar-refractivity contribution in [2.24, 2.45) is 23.7 Å².